The minimum Gasteiger partial charge on any atom is -0.366 e. The summed E-state index contributed by atoms with van der Waals surface area (Å²) in [5, 5.41) is 3.47. The summed E-state index contributed by atoms with van der Waals surface area (Å²) in [5.41, 5.74) is 7.61. The molecule has 0 unspecified atom stereocenters. The van der Waals surface area contributed by atoms with Crippen LogP contribution in [0.5, 0.6) is 0 Å². The number of aromatic nitrogens is 1. The molecule has 0 spiro atoms. The molecule has 0 aliphatic carbocycles. The van der Waals surface area contributed by atoms with Crippen molar-refractivity contribution in [3.8, 4) is 0 Å². The van der Waals surface area contributed by atoms with E-state index in [4.69, 9.17) is 17.3 Å². The highest BCUT2D eigenvalue weighted by Gasteiger charge is 2.07. The number of amides is 1. The van der Waals surface area contributed by atoms with Gasteiger partial charge in [-0.05, 0) is 29.7 Å². The Kier molecular flexibility index (Phi) is 4.25. The number of primary amides is 1. The maximum absolute atomic E-state index is 11.0. The Balaban J connectivity index is 2.19. The van der Waals surface area contributed by atoms with E-state index in [1.54, 1.807) is 0 Å². The van der Waals surface area contributed by atoms with Gasteiger partial charge < -0.3 is 11.1 Å². The molecule has 5 heteroatoms. The van der Waals surface area contributed by atoms with Crippen LogP contribution >= 0.6 is 11.6 Å². The van der Waals surface area contributed by atoms with Gasteiger partial charge in [0.1, 0.15) is 5.82 Å². The average molecular weight is 290 g/mol. The zero-order chi connectivity index (χ0) is 14.7. The van der Waals surface area contributed by atoms with Crippen LogP contribution < -0.4 is 11.1 Å². The lowest BCUT2D eigenvalue weighted by Gasteiger charge is -2.10. The maximum Gasteiger partial charge on any atom is 0.250 e. The Morgan fingerprint density at radius 1 is 1.30 bits per heavy atom. The van der Waals surface area contributed by atoms with Crippen LogP contribution in [-0.4, -0.2) is 10.9 Å². The summed E-state index contributed by atoms with van der Waals surface area (Å²) in [6.07, 6.45) is 1.40. The molecule has 2 rings (SSSR count). The second-order valence-corrected chi connectivity index (χ2v) is 5.23. The Morgan fingerprint density at radius 3 is 2.45 bits per heavy atom. The zero-order valence-electron chi connectivity index (χ0n) is 11.4. The number of benzene rings is 1. The van der Waals surface area contributed by atoms with Gasteiger partial charge in [-0.15, -0.1) is 0 Å². The van der Waals surface area contributed by atoms with Gasteiger partial charge in [-0.2, -0.15) is 0 Å². The minimum absolute atomic E-state index is 0.288. The number of nitrogens with zero attached hydrogens (tertiary/aromatic N) is 1. The van der Waals surface area contributed by atoms with Crippen molar-refractivity contribution in [3.05, 3.63) is 52.7 Å². The van der Waals surface area contributed by atoms with Gasteiger partial charge in [0.25, 0.3) is 0 Å². The van der Waals surface area contributed by atoms with Crippen LogP contribution in [0.4, 0.5) is 11.5 Å². The predicted molar refractivity (Wildman–Crippen MR) is 81.6 cm³/mol. The van der Waals surface area contributed by atoms with Gasteiger partial charge in [0, 0.05) is 11.9 Å². The smallest absolute Gasteiger partial charge is 0.250 e. The molecule has 3 N–H and O–H groups in total. The molecule has 0 atom stereocenters. The standard InChI is InChI=1S/C15H16ClN3O/c1-9(2)10-3-5-12(6-4-10)19-15-13(16)7-11(8-18-15)14(17)20/h3-9H,1-2H3,(H2,17,20)(H,18,19). The summed E-state index contributed by atoms with van der Waals surface area (Å²) in [7, 11) is 0. The summed E-state index contributed by atoms with van der Waals surface area (Å²) < 4.78 is 0. The number of pyridine rings is 1. The van der Waals surface area contributed by atoms with Crippen molar-refractivity contribution in [1.82, 2.24) is 4.98 Å². The minimum atomic E-state index is -0.549. The molecule has 4 nitrogen and oxygen atoms in total. The molecule has 1 aromatic heterocycles. The van der Waals surface area contributed by atoms with Gasteiger partial charge in [0.15, 0.2) is 0 Å². The van der Waals surface area contributed by atoms with Crippen LogP contribution in [0.25, 0.3) is 0 Å². The molecule has 0 saturated carbocycles. The third-order valence-electron chi connectivity index (χ3n) is 2.97. The SMILES string of the molecule is CC(C)c1ccc(Nc2ncc(C(N)=O)cc2Cl)cc1. The van der Waals surface area contributed by atoms with Crippen LogP contribution in [0.3, 0.4) is 0 Å². The molecule has 0 bridgehead atoms. The lowest BCUT2D eigenvalue weighted by Crippen LogP contribution is -2.11. The fourth-order valence-electron chi connectivity index (χ4n) is 1.75. The van der Waals surface area contributed by atoms with Crippen LogP contribution in [0.15, 0.2) is 36.5 Å². The van der Waals surface area contributed by atoms with E-state index in [1.165, 1.54) is 17.8 Å². The summed E-state index contributed by atoms with van der Waals surface area (Å²) in [5.74, 6) is 0.432. The number of anilines is 2. The van der Waals surface area contributed by atoms with Crippen LogP contribution in [0.2, 0.25) is 5.02 Å². The quantitative estimate of drug-likeness (QED) is 0.902. The van der Waals surface area contributed by atoms with Crippen molar-refractivity contribution in [2.75, 3.05) is 5.32 Å². The molecule has 0 aliphatic rings. The lowest BCUT2D eigenvalue weighted by molar-refractivity contribution is 0.1000. The first-order chi connectivity index (χ1) is 9.47. The highest BCUT2D eigenvalue weighted by atomic mass is 35.5. The van der Waals surface area contributed by atoms with Crippen molar-refractivity contribution in [2.45, 2.75) is 19.8 Å². The van der Waals surface area contributed by atoms with E-state index in [2.05, 4.69) is 36.3 Å². The van der Waals surface area contributed by atoms with E-state index >= 15 is 0 Å². The van der Waals surface area contributed by atoms with Gasteiger partial charge >= 0.3 is 0 Å². The van der Waals surface area contributed by atoms with Gasteiger partial charge in [-0.3, -0.25) is 4.79 Å². The number of rotatable bonds is 4. The number of carbonyl (C=O) groups is 1. The van der Waals surface area contributed by atoms with E-state index in [0.29, 0.717) is 16.8 Å². The average Bonchev–Trinajstić information content (AvgIpc) is 2.41. The van der Waals surface area contributed by atoms with E-state index < -0.39 is 5.91 Å². The lowest BCUT2D eigenvalue weighted by atomic mass is 10.0. The Morgan fingerprint density at radius 2 is 1.95 bits per heavy atom. The monoisotopic (exact) mass is 289 g/mol. The highest BCUT2D eigenvalue weighted by Crippen LogP contribution is 2.25. The summed E-state index contributed by atoms with van der Waals surface area (Å²) in [4.78, 5) is 15.1. The second kappa shape index (κ2) is 5.92. The van der Waals surface area contributed by atoms with Gasteiger partial charge in [0.05, 0.1) is 10.6 Å². The Labute approximate surface area is 123 Å². The third-order valence-corrected chi connectivity index (χ3v) is 3.25. The maximum atomic E-state index is 11.0. The molecule has 0 saturated heterocycles. The Hall–Kier alpha value is -2.07. The van der Waals surface area contributed by atoms with Gasteiger partial charge in [-0.1, -0.05) is 37.6 Å². The number of halogens is 1. The van der Waals surface area contributed by atoms with Crippen LogP contribution in [0, 0.1) is 0 Å². The van der Waals surface area contributed by atoms with E-state index in [0.717, 1.165) is 5.69 Å². The molecular weight excluding hydrogens is 274 g/mol. The van der Waals surface area contributed by atoms with E-state index in [9.17, 15) is 4.79 Å². The second-order valence-electron chi connectivity index (χ2n) is 4.82. The number of hydrogen-bond donors (Lipinski definition) is 2. The number of carbonyl (C=O) groups excluding carboxylic acids is 1. The fourth-order valence-corrected chi connectivity index (χ4v) is 1.97. The largest absolute Gasteiger partial charge is 0.366 e. The summed E-state index contributed by atoms with van der Waals surface area (Å²) in [6.45, 7) is 4.28. The molecule has 0 radical (unpaired) electrons. The predicted octanol–water partition coefficient (Wildman–Crippen LogP) is 3.70. The van der Waals surface area contributed by atoms with Crippen molar-refractivity contribution in [1.29, 1.82) is 0 Å². The normalized spacial score (nSPS) is 10.6. The van der Waals surface area contributed by atoms with Gasteiger partial charge in [0.2, 0.25) is 5.91 Å². The third kappa shape index (κ3) is 3.27. The van der Waals surface area contributed by atoms with Crippen molar-refractivity contribution >= 4 is 29.0 Å². The number of nitrogens with two attached hydrogens (primary N) is 1. The number of nitrogens with one attached hydrogen (secondary N) is 1. The van der Waals surface area contributed by atoms with Crippen LogP contribution in [-0.2, 0) is 0 Å². The topological polar surface area (TPSA) is 68.0 Å². The van der Waals surface area contributed by atoms with Crippen LogP contribution in [0.1, 0.15) is 35.7 Å². The van der Waals surface area contributed by atoms with Crippen molar-refractivity contribution in [2.24, 2.45) is 5.73 Å². The van der Waals surface area contributed by atoms with Gasteiger partial charge in [-0.25, -0.2) is 4.98 Å². The Bertz CT molecular complexity index is 624. The zero-order valence-corrected chi connectivity index (χ0v) is 12.1. The summed E-state index contributed by atoms with van der Waals surface area (Å²) in [6, 6.07) is 9.55. The van der Waals surface area contributed by atoms with Crippen molar-refractivity contribution < 1.29 is 4.79 Å². The van der Waals surface area contributed by atoms with Crippen molar-refractivity contribution in [3.63, 3.8) is 0 Å². The first kappa shape index (κ1) is 14.3. The molecule has 2 aromatic rings. The molecule has 20 heavy (non-hydrogen) atoms. The first-order valence-corrected chi connectivity index (χ1v) is 6.67. The summed E-state index contributed by atoms with van der Waals surface area (Å²) >= 11 is 6.07. The van der Waals surface area contributed by atoms with E-state index in [-0.39, 0.29) is 5.56 Å². The molecule has 1 amide bonds. The molecule has 1 heterocycles. The highest BCUT2D eigenvalue weighted by molar-refractivity contribution is 6.33. The first-order valence-electron chi connectivity index (χ1n) is 6.29. The van der Waals surface area contributed by atoms with E-state index in [1.807, 2.05) is 12.1 Å². The number of hydrogen-bond acceptors (Lipinski definition) is 3. The molecular formula is C15H16ClN3O. The molecule has 104 valence electrons. The molecule has 1 aromatic carbocycles. The fraction of sp³-hybridized carbons (Fsp3) is 0.200. The molecule has 0 aliphatic heterocycles. The molecule has 0 fully saturated rings.